The van der Waals surface area contributed by atoms with Crippen molar-refractivity contribution in [1.29, 1.82) is 0 Å². The average Bonchev–Trinajstić information content (AvgIpc) is 2.59. The van der Waals surface area contributed by atoms with Gasteiger partial charge in [0, 0.05) is 17.5 Å². The minimum Gasteiger partial charge on any atom is -0.493 e. The van der Waals surface area contributed by atoms with Crippen LogP contribution in [0.25, 0.3) is 0 Å². The van der Waals surface area contributed by atoms with Gasteiger partial charge in [-0.1, -0.05) is 18.2 Å². The average molecular weight is 347 g/mol. The normalized spacial score (nSPS) is 22.0. The van der Waals surface area contributed by atoms with Gasteiger partial charge in [-0.05, 0) is 29.8 Å². The van der Waals surface area contributed by atoms with E-state index in [0.29, 0.717) is 11.3 Å². The van der Waals surface area contributed by atoms with Crippen molar-refractivity contribution in [2.24, 2.45) is 0 Å². The van der Waals surface area contributed by atoms with Gasteiger partial charge in [-0.25, -0.2) is 0 Å². The van der Waals surface area contributed by atoms with Gasteiger partial charge in [0.25, 0.3) is 5.91 Å². The molecule has 2 aliphatic heterocycles. The van der Waals surface area contributed by atoms with Crippen molar-refractivity contribution >= 4 is 11.8 Å². The molecule has 2 amide bonds. The molecule has 2 heterocycles. The number of carbonyl (C=O) groups is 2. The molecule has 25 heavy (non-hydrogen) atoms. The molecule has 0 bridgehead atoms. The second-order valence-electron chi connectivity index (χ2n) is 6.04. The van der Waals surface area contributed by atoms with Crippen LogP contribution in [-0.2, 0) is 16.4 Å². The van der Waals surface area contributed by atoms with Gasteiger partial charge in [-0.15, -0.1) is 0 Å². The lowest BCUT2D eigenvalue weighted by atomic mass is 9.66. The van der Waals surface area contributed by atoms with Gasteiger partial charge >= 0.3 is 6.18 Å². The van der Waals surface area contributed by atoms with Gasteiger partial charge < -0.3 is 4.74 Å². The summed E-state index contributed by atoms with van der Waals surface area (Å²) in [6.45, 7) is 0.161. The van der Waals surface area contributed by atoms with Crippen LogP contribution < -0.4 is 10.1 Å². The van der Waals surface area contributed by atoms with Gasteiger partial charge in [0.05, 0.1) is 12.2 Å². The first-order valence-electron chi connectivity index (χ1n) is 7.64. The summed E-state index contributed by atoms with van der Waals surface area (Å²) in [6.07, 6.45) is -4.42. The molecule has 0 saturated heterocycles. The number of para-hydroxylation sites is 1. The first kappa shape index (κ1) is 15.7. The van der Waals surface area contributed by atoms with Crippen LogP contribution in [0.2, 0.25) is 0 Å². The van der Waals surface area contributed by atoms with Crippen LogP contribution in [0.3, 0.4) is 0 Å². The van der Waals surface area contributed by atoms with Gasteiger partial charge in [-0.3, -0.25) is 14.9 Å². The third-order valence-electron chi connectivity index (χ3n) is 4.75. The van der Waals surface area contributed by atoms with E-state index in [2.05, 4.69) is 5.32 Å². The molecule has 1 unspecified atom stereocenters. The topological polar surface area (TPSA) is 55.4 Å². The maximum atomic E-state index is 13.2. The Bertz CT molecular complexity index is 907. The Kier molecular flexibility index (Phi) is 3.19. The lowest BCUT2D eigenvalue weighted by Gasteiger charge is -2.41. The number of ether oxygens (including phenoxy) is 1. The predicted molar refractivity (Wildman–Crippen MR) is 81.3 cm³/mol. The first-order valence-corrected chi connectivity index (χ1v) is 7.64. The number of carbonyl (C=O) groups excluding carboxylic acids is 2. The molecule has 1 atom stereocenters. The monoisotopic (exact) mass is 347 g/mol. The minimum atomic E-state index is -4.57. The van der Waals surface area contributed by atoms with Gasteiger partial charge in [0.15, 0.2) is 0 Å². The number of halogens is 3. The van der Waals surface area contributed by atoms with E-state index in [1.54, 1.807) is 24.3 Å². The number of nitrogens with one attached hydrogen (secondary N) is 1. The van der Waals surface area contributed by atoms with Crippen molar-refractivity contribution in [3.05, 3.63) is 64.7 Å². The molecule has 4 rings (SSSR count). The molecule has 1 spiro atoms. The molecule has 0 fully saturated rings. The zero-order valence-electron chi connectivity index (χ0n) is 12.8. The van der Waals surface area contributed by atoms with E-state index < -0.39 is 29.0 Å². The number of alkyl halides is 3. The standard InChI is InChI=1S/C18H12F3NO3/c19-18(20,21)10-5-6-11-13(9-10)17(16(24)22-15(11)23)7-8-25-14-4-2-1-3-12(14)17/h1-6,9H,7-8H2,(H,22,23,24). The summed E-state index contributed by atoms with van der Waals surface area (Å²) >= 11 is 0. The fraction of sp³-hybridized carbons (Fsp3) is 0.222. The van der Waals surface area contributed by atoms with E-state index in [4.69, 9.17) is 4.74 Å². The van der Waals surface area contributed by atoms with Crippen LogP contribution in [0.15, 0.2) is 42.5 Å². The molecule has 2 aromatic carbocycles. The summed E-state index contributed by atoms with van der Waals surface area (Å²) in [5.41, 5.74) is -1.65. The lowest BCUT2D eigenvalue weighted by molar-refractivity contribution is -0.138. The smallest absolute Gasteiger partial charge is 0.416 e. The molecule has 2 aromatic rings. The third-order valence-corrected chi connectivity index (χ3v) is 4.75. The van der Waals surface area contributed by atoms with Gasteiger partial charge in [0.1, 0.15) is 11.2 Å². The number of imide groups is 1. The van der Waals surface area contributed by atoms with Crippen molar-refractivity contribution in [2.75, 3.05) is 6.61 Å². The van der Waals surface area contributed by atoms with Crippen LogP contribution in [0, 0.1) is 0 Å². The Morgan fingerprint density at radius 2 is 1.80 bits per heavy atom. The molecule has 0 saturated carbocycles. The van der Waals surface area contributed by atoms with E-state index >= 15 is 0 Å². The molecular weight excluding hydrogens is 335 g/mol. The molecule has 1 N–H and O–H groups in total. The number of hydrogen-bond donors (Lipinski definition) is 1. The highest BCUT2D eigenvalue weighted by Crippen LogP contribution is 2.47. The Labute approximate surface area is 140 Å². The minimum absolute atomic E-state index is 0.0734. The number of hydrogen-bond acceptors (Lipinski definition) is 3. The highest BCUT2D eigenvalue weighted by atomic mass is 19.4. The molecule has 0 radical (unpaired) electrons. The van der Waals surface area contributed by atoms with Crippen LogP contribution in [-0.4, -0.2) is 18.4 Å². The second kappa shape index (κ2) is 5.08. The third kappa shape index (κ3) is 2.15. The number of fused-ring (bicyclic) bond motifs is 4. The fourth-order valence-electron chi connectivity index (χ4n) is 3.58. The Morgan fingerprint density at radius 1 is 1.04 bits per heavy atom. The Hall–Kier alpha value is -2.83. The Morgan fingerprint density at radius 3 is 2.56 bits per heavy atom. The van der Waals surface area contributed by atoms with E-state index in [9.17, 15) is 22.8 Å². The quantitative estimate of drug-likeness (QED) is 0.746. The predicted octanol–water partition coefficient (Wildman–Crippen LogP) is 3.04. The summed E-state index contributed by atoms with van der Waals surface area (Å²) in [5, 5.41) is 2.28. The van der Waals surface area contributed by atoms with Gasteiger partial charge in [0.2, 0.25) is 5.91 Å². The SMILES string of the molecule is O=C1NC(=O)C2(CCOc3ccccc32)c2cc(C(F)(F)F)ccc21. The van der Waals surface area contributed by atoms with Crippen LogP contribution in [0.4, 0.5) is 13.2 Å². The summed E-state index contributed by atoms with van der Waals surface area (Å²) in [6, 6.07) is 9.60. The number of rotatable bonds is 0. The van der Waals surface area contributed by atoms with Crippen molar-refractivity contribution in [2.45, 2.75) is 18.0 Å². The van der Waals surface area contributed by atoms with Crippen LogP contribution in [0.1, 0.15) is 33.5 Å². The van der Waals surface area contributed by atoms with E-state index in [1.807, 2.05) is 0 Å². The molecule has 0 aromatic heterocycles. The van der Waals surface area contributed by atoms with Crippen molar-refractivity contribution in [3.8, 4) is 5.75 Å². The first-order chi connectivity index (χ1) is 11.8. The largest absolute Gasteiger partial charge is 0.493 e. The zero-order chi connectivity index (χ0) is 17.8. The molecule has 2 aliphatic rings. The van der Waals surface area contributed by atoms with Crippen LogP contribution in [0.5, 0.6) is 5.75 Å². The Balaban J connectivity index is 2.05. The zero-order valence-corrected chi connectivity index (χ0v) is 12.8. The van der Waals surface area contributed by atoms with Crippen molar-refractivity contribution < 1.29 is 27.5 Å². The van der Waals surface area contributed by atoms with E-state index in [0.717, 1.165) is 18.2 Å². The van der Waals surface area contributed by atoms with Crippen molar-refractivity contribution in [3.63, 3.8) is 0 Å². The second-order valence-corrected chi connectivity index (χ2v) is 6.04. The maximum Gasteiger partial charge on any atom is 0.416 e. The lowest BCUT2D eigenvalue weighted by Crippen LogP contribution is -2.54. The summed E-state index contributed by atoms with van der Waals surface area (Å²) in [4.78, 5) is 24.9. The molecule has 0 aliphatic carbocycles. The van der Waals surface area contributed by atoms with Crippen molar-refractivity contribution in [1.82, 2.24) is 5.32 Å². The summed E-state index contributed by atoms with van der Waals surface area (Å²) < 4.78 is 45.1. The van der Waals surface area contributed by atoms with E-state index in [-0.39, 0.29) is 24.2 Å². The number of amides is 2. The number of benzene rings is 2. The summed E-state index contributed by atoms with van der Waals surface area (Å²) in [5.74, 6) is -0.884. The molecule has 128 valence electrons. The van der Waals surface area contributed by atoms with Gasteiger partial charge in [-0.2, -0.15) is 13.2 Å². The fourth-order valence-corrected chi connectivity index (χ4v) is 3.58. The molecular formula is C18H12F3NO3. The maximum absolute atomic E-state index is 13.2. The van der Waals surface area contributed by atoms with E-state index in [1.165, 1.54) is 0 Å². The highest BCUT2D eigenvalue weighted by molar-refractivity contribution is 6.14. The van der Waals surface area contributed by atoms with Crippen LogP contribution >= 0.6 is 0 Å². The molecule has 4 nitrogen and oxygen atoms in total. The highest BCUT2D eigenvalue weighted by Gasteiger charge is 2.51. The molecule has 7 heteroatoms. The summed E-state index contributed by atoms with van der Waals surface area (Å²) in [7, 11) is 0.